The van der Waals surface area contributed by atoms with E-state index in [0.29, 0.717) is 5.56 Å². The molecule has 0 fully saturated rings. The van der Waals surface area contributed by atoms with Crippen molar-refractivity contribution in [2.75, 3.05) is 6.54 Å². The molecule has 206 valence electrons. The van der Waals surface area contributed by atoms with Crippen molar-refractivity contribution in [1.29, 1.82) is 0 Å². The van der Waals surface area contributed by atoms with Crippen molar-refractivity contribution in [3.63, 3.8) is 0 Å². The van der Waals surface area contributed by atoms with Crippen molar-refractivity contribution in [1.82, 2.24) is 20.9 Å². The summed E-state index contributed by atoms with van der Waals surface area (Å²) in [6, 6.07) is 9.50. The number of hydrogen-bond acceptors (Lipinski definition) is 7. The molecule has 0 aliphatic heterocycles. The van der Waals surface area contributed by atoms with Crippen LogP contribution in [-0.4, -0.2) is 69.5 Å². The smallest absolute Gasteiger partial charge is 0.326 e. The van der Waals surface area contributed by atoms with Crippen LogP contribution in [0.2, 0.25) is 0 Å². The summed E-state index contributed by atoms with van der Waals surface area (Å²) in [6.45, 7) is -0.620. The van der Waals surface area contributed by atoms with Gasteiger partial charge in [0.15, 0.2) is 0 Å². The minimum Gasteiger partial charge on any atom is -0.508 e. The normalized spacial score (nSPS) is 13.2. The first-order valence-electron chi connectivity index (χ1n) is 12.0. The Hall–Kier alpha value is -4.91. The molecule has 0 bridgehead atoms. The second-order valence-corrected chi connectivity index (χ2v) is 8.95. The summed E-state index contributed by atoms with van der Waals surface area (Å²) in [4.78, 5) is 63.9. The summed E-state index contributed by atoms with van der Waals surface area (Å²) in [5, 5.41) is 26.7. The highest BCUT2D eigenvalue weighted by atomic mass is 16.4. The highest BCUT2D eigenvalue weighted by Crippen LogP contribution is 2.19. The van der Waals surface area contributed by atoms with Crippen molar-refractivity contribution in [2.45, 2.75) is 37.4 Å². The quantitative estimate of drug-likeness (QED) is 0.135. The highest BCUT2D eigenvalue weighted by Gasteiger charge is 2.27. The molecule has 13 heteroatoms. The summed E-state index contributed by atoms with van der Waals surface area (Å²) in [6.07, 6.45) is 1.28. The maximum atomic E-state index is 12.7. The lowest BCUT2D eigenvalue weighted by Gasteiger charge is -2.20. The van der Waals surface area contributed by atoms with E-state index in [1.165, 1.54) is 24.3 Å². The van der Waals surface area contributed by atoms with Gasteiger partial charge in [0.1, 0.15) is 17.8 Å². The monoisotopic (exact) mass is 538 g/mol. The van der Waals surface area contributed by atoms with Gasteiger partial charge in [-0.15, -0.1) is 0 Å². The molecule has 10 N–H and O–H groups in total. The van der Waals surface area contributed by atoms with E-state index in [2.05, 4.69) is 20.9 Å². The summed E-state index contributed by atoms with van der Waals surface area (Å²) < 4.78 is 0. The van der Waals surface area contributed by atoms with Crippen molar-refractivity contribution in [3.05, 3.63) is 65.9 Å². The number of hydrogen-bond donors (Lipinski definition) is 8. The summed E-state index contributed by atoms with van der Waals surface area (Å²) >= 11 is 0. The van der Waals surface area contributed by atoms with Gasteiger partial charge in [0, 0.05) is 23.5 Å². The zero-order chi connectivity index (χ0) is 28.5. The van der Waals surface area contributed by atoms with Crippen molar-refractivity contribution in [3.8, 4) is 5.75 Å². The number of nitrogens with two attached hydrogens (primary N) is 2. The molecule has 0 spiro atoms. The molecule has 0 saturated heterocycles. The van der Waals surface area contributed by atoms with Gasteiger partial charge in [0.25, 0.3) is 0 Å². The topological polar surface area (TPSA) is 230 Å². The largest absolute Gasteiger partial charge is 0.508 e. The Labute approximate surface area is 222 Å². The Morgan fingerprint density at radius 1 is 0.897 bits per heavy atom. The van der Waals surface area contributed by atoms with Gasteiger partial charge in [-0.05, 0) is 35.7 Å². The average Bonchev–Trinajstić information content (AvgIpc) is 3.30. The fraction of sp³-hybridized carbons (Fsp3) is 0.269. The SMILES string of the molecule is NC(=O)CC(NC(=O)C(N)Cc1c[nH]c2ccccc12)C(=O)NCC(=O)NC(Cc1ccc(O)cc1)C(=O)O. The molecule has 0 aliphatic carbocycles. The number of carbonyl (C=O) groups is 5. The third-order valence-corrected chi connectivity index (χ3v) is 5.92. The number of amides is 4. The van der Waals surface area contributed by atoms with Crippen molar-refractivity contribution < 1.29 is 34.2 Å². The molecule has 3 atom stereocenters. The number of aromatic nitrogens is 1. The van der Waals surface area contributed by atoms with Crippen LogP contribution in [0.5, 0.6) is 5.75 Å². The standard InChI is InChI=1S/C26H30N6O7/c27-18(10-15-12-29-19-4-2-1-3-17(15)19)24(36)32-20(11-22(28)34)25(37)30-13-23(35)31-21(26(38)39)9-14-5-7-16(33)8-6-14/h1-8,12,18,20-21,29,33H,9-11,13,27H2,(H2,28,34)(H,30,37)(H,31,35)(H,32,36)(H,38,39). The van der Waals surface area contributed by atoms with Crippen LogP contribution in [0.25, 0.3) is 10.9 Å². The van der Waals surface area contributed by atoms with Crippen LogP contribution in [0.3, 0.4) is 0 Å². The number of carboxylic acid groups (broad SMARTS) is 1. The van der Waals surface area contributed by atoms with E-state index in [1.807, 2.05) is 24.3 Å². The van der Waals surface area contributed by atoms with Gasteiger partial charge in [-0.2, -0.15) is 0 Å². The molecule has 13 nitrogen and oxygen atoms in total. The average molecular weight is 539 g/mol. The number of fused-ring (bicyclic) bond motifs is 1. The number of nitrogens with one attached hydrogen (secondary N) is 4. The molecule has 1 heterocycles. The number of H-pyrrole nitrogens is 1. The van der Waals surface area contributed by atoms with E-state index in [0.717, 1.165) is 16.5 Å². The summed E-state index contributed by atoms with van der Waals surface area (Å²) in [5.41, 5.74) is 13.5. The first-order chi connectivity index (χ1) is 18.5. The lowest BCUT2D eigenvalue weighted by molar-refractivity contribution is -0.141. The first kappa shape index (κ1) is 28.7. The number of rotatable bonds is 13. The molecule has 2 aromatic carbocycles. The number of phenols is 1. The maximum Gasteiger partial charge on any atom is 0.326 e. The number of carbonyl (C=O) groups excluding carboxylic acids is 4. The van der Waals surface area contributed by atoms with Gasteiger partial charge in [0.2, 0.25) is 23.6 Å². The van der Waals surface area contributed by atoms with Crippen LogP contribution in [0.1, 0.15) is 17.5 Å². The molecular formula is C26H30N6O7. The van der Waals surface area contributed by atoms with Crippen molar-refractivity contribution >= 4 is 40.5 Å². The van der Waals surface area contributed by atoms with Crippen molar-refractivity contribution in [2.24, 2.45) is 11.5 Å². The lowest BCUT2D eigenvalue weighted by Crippen LogP contribution is -2.54. The van der Waals surface area contributed by atoms with E-state index < -0.39 is 60.7 Å². The zero-order valence-electron chi connectivity index (χ0n) is 20.8. The third-order valence-electron chi connectivity index (χ3n) is 5.92. The molecule has 3 unspecified atom stereocenters. The van der Waals surface area contributed by atoms with Crippen LogP contribution in [0, 0.1) is 0 Å². The predicted molar refractivity (Wildman–Crippen MR) is 140 cm³/mol. The Morgan fingerprint density at radius 3 is 2.26 bits per heavy atom. The summed E-state index contributed by atoms with van der Waals surface area (Å²) in [5.74, 6) is -4.55. The molecule has 39 heavy (non-hydrogen) atoms. The van der Waals surface area contributed by atoms with Gasteiger partial charge < -0.3 is 42.6 Å². The van der Waals surface area contributed by atoms with E-state index in [4.69, 9.17) is 11.5 Å². The van der Waals surface area contributed by atoms with Gasteiger partial charge in [-0.25, -0.2) is 4.79 Å². The van der Waals surface area contributed by atoms with Crippen LogP contribution < -0.4 is 27.4 Å². The molecule has 4 amide bonds. The zero-order valence-corrected chi connectivity index (χ0v) is 20.8. The van der Waals surface area contributed by atoms with Crippen LogP contribution in [0.4, 0.5) is 0 Å². The minimum absolute atomic E-state index is 0.00824. The number of phenolic OH excluding ortho intramolecular Hbond substituents is 1. The minimum atomic E-state index is -1.40. The molecule has 0 saturated carbocycles. The lowest BCUT2D eigenvalue weighted by atomic mass is 10.0. The van der Waals surface area contributed by atoms with Gasteiger partial charge in [0.05, 0.1) is 19.0 Å². The number of primary amides is 1. The van der Waals surface area contributed by atoms with E-state index in [9.17, 15) is 34.2 Å². The number of aliphatic carboxylic acids is 1. The van der Waals surface area contributed by atoms with Crippen LogP contribution in [0.15, 0.2) is 54.7 Å². The fourth-order valence-corrected chi connectivity index (χ4v) is 3.92. The predicted octanol–water partition coefficient (Wildman–Crippen LogP) is -0.968. The second-order valence-electron chi connectivity index (χ2n) is 8.95. The summed E-state index contributed by atoms with van der Waals surface area (Å²) in [7, 11) is 0. The van der Waals surface area contributed by atoms with Crippen LogP contribution >= 0.6 is 0 Å². The highest BCUT2D eigenvalue weighted by molar-refractivity contribution is 5.95. The molecular weight excluding hydrogens is 508 g/mol. The first-order valence-corrected chi connectivity index (χ1v) is 12.0. The van der Waals surface area contributed by atoms with E-state index in [-0.39, 0.29) is 18.6 Å². The number of aromatic amines is 1. The maximum absolute atomic E-state index is 12.7. The number of para-hydroxylation sites is 1. The van der Waals surface area contributed by atoms with E-state index in [1.54, 1.807) is 6.20 Å². The fourth-order valence-electron chi connectivity index (χ4n) is 3.92. The molecule has 0 aliphatic rings. The van der Waals surface area contributed by atoms with Gasteiger partial charge in [-0.3, -0.25) is 19.2 Å². The molecule has 3 rings (SSSR count). The van der Waals surface area contributed by atoms with Gasteiger partial charge >= 0.3 is 5.97 Å². The number of carboxylic acids is 1. The number of aromatic hydroxyl groups is 1. The van der Waals surface area contributed by atoms with Gasteiger partial charge in [-0.1, -0.05) is 30.3 Å². The third kappa shape index (κ3) is 8.30. The Balaban J connectivity index is 1.55. The Morgan fingerprint density at radius 2 is 1.59 bits per heavy atom. The van der Waals surface area contributed by atoms with E-state index >= 15 is 0 Å². The molecule has 0 radical (unpaired) electrons. The Bertz CT molecular complexity index is 1350. The second kappa shape index (κ2) is 13.1. The van der Waals surface area contributed by atoms with Crippen LogP contribution in [-0.2, 0) is 36.8 Å². The number of benzene rings is 2. The molecule has 1 aromatic heterocycles. The Kier molecular flexibility index (Phi) is 9.59. The molecule has 3 aromatic rings.